The van der Waals surface area contributed by atoms with E-state index in [1.807, 2.05) is 48.5 Å². The first-order chi connectivity index (χ1) is 27.6. The number of benzene rings is 6. The molecule has 3 aliphatic rings. The minimum absolute atomic E-state index is 0.222. The second-order valence-electron chi connectivity index (χ2n) is 15.4. The van der Waals surface area contributed by atoms with E-state index in [0.717, 1.165) is 73.8 Å². The second kappa shape index (κ2) is 11.8. The maximum absolute atomic E-state index is 6.60. The molecule has 5 nitrogen and oxygen atoms in total. The van der Waals surface area contributed by atoms with Gasteiger partial charge in [0.2, 0.25) is 0 Å². The summed E-state index contributed by atoms with van der Waals surface area (Å²) in [5.74, 6) is 0.855. The number of hydrogen-bond donors (Lipinski definition) is 0. The van der Waals surface area contributed by atoms with Crippen LogP contribution in [-0.2, 0) is 0 Å². The number of aromatic nitrogens is 2. The van der Waals surface area contributed by atoms with Gasteiger partial charge in [-0.1, -0.05) is 121 Å². The standard InChI is InChI=1S/C51H35N3O2/c1-51-28-27-32-15-8-9-18-36(32)46(51)39-29-34(31-13-4-2-5-14-31)23-25-41(39)54(51)35-24-26-43-40(30-35)45-38(20-12-22-44(45)55-43)50-52-47(33-16-6-3-7-17-33)49-48(53-50)37-19-10-11-21-42(37)56-49/h2-8,10-17,19-30,46H,9,18H2,1H3. The van der Waals surface area contributed by atoms with Crippen LogP contribution in [0.25, 0.3) is 77.8 Å². The highest BCUT2D eigenvalue weighted by Crippen LogP contribution is 2.59. The van der Waals surface area contributed by atoms with Crippen molar-refractivity contribution in [2.45, 2.75) is 31.2 Å². The number of rotatable bonds is 4. The molecule has 2 unspecified atom stereocenters. The molecule has 12 rings (SSSR count). The van der Waals surface area contributed by atoms with Crippen LogP contribution in [0.5, 0.6) is 0 Å². The van der Waals surface area contributed by atoms with Crippen LogP contribution in [0.3, 0.4) is 0 Å². The Hall–Kier alpha value is -6.98. The topological polar surface area (TPSA) is 55.3 Å². The highest BCUT2D eigenvalue weighted by atomic mass is 16.3. The van der Waals surface area contributed by atoms with E-state index in [0.29, 0.717) is 11.4 Å². The van der Waals surface area contributed by atoms with Gasteiger partial charge in [0.15, 0.2) is 11.4 Å². The van der Waals surface area contributed by atoms with Gasteiger partial charge in [0.05, 0.1) is 5.54 Å². The van der Waals surface area contributed by atoms with E-state index >= 15 is 0 Å². The number of para-hydroxylation sites is 1. The largest absolute Gasteiger partial charge is 0.456 e. The van der Waals surface area contributed by atoms with Gasteiger partial charge in [-0.15, -0.1) is 0 Å². The van der Waals surface area contributed by atoms with Crippen LogP contribution in [0.2, 0.25) is 0 Å². The van der Waals surface area contributed by atoms with Gasteiger partial charge < -0.3 is 13.7 Å². The summed E-state index contributed by atoms with van der Waals surface area (Å²) in [5, 5.41) is 3.00. The van der Waals surface area contributed by atoms with Crippen LogP contribution in [0.4, 0.5) is 11.4 Å². The van der Waals surface area contributed by atoms with E-state index in [4.69, 9.17) is 18.8 Å². The molecule has 5 heteroatoms. The number of hydrogen-bond acceptors (Lipinski definition) is 5. The molecule has 56 heavy (non-hydrogen) atoms. The molecule has 0 saturated carbocycles. The first-order valence-electron chi connectivity index (χ1n) is 19.4. The summed E-state index contributed by atoms with van der Waals surface area (Å²) < 4.78 is 13.0. The van der Waals surface area contributed by atoms with Crippen LogP contribution in [0.15, 0.2) is 184 Å². The van der Waals surface area contributed by atoms with Crippen LogP contribution in [0.1, 0.15) is 31.2 Å². The summed E-state index contributed by atoms with van der Waals surface area (Å²) in [5.41, 5.74) is 15.4. The molecule has 9 aromatic rings. The SMILES string of the molecule is CC12C=CC3=C(CCC=C3)C1c1cc(-c3ccccc3)ccc1N2c1ccc2oc3cccc(-c4nc(-c5ccccc5)c5oc6ccccc6c5n4)c3c2c1. The molecule has 0 radical (unpaired) electrons. The van der Waals surface area contributed by atoms with E-state index in [9.17, 15) is 0 Å². The van der Waals surface area contributed by atoms with Crippen molar-refractivity contribution in [2.24, 2.45) is 0 Å². The summed E-state index contributed by atoms with van der Waals surface area (Å²) in [6.07, 6.45) is 11.5. The predicted molar refractivity (Wildman–Crippen MR) is 227 cm³/mol. The Kier molecular flexibility index (Phi) is 6.59. The number of anilines is 2. The van der Waals surface area contributed by atoms with Crippen molar-refractivity contribution in [2.75, 3.05) is 4.90 Å². The van der Waals surface area contributed by atoms with Gasteiger partial charge in [0.25, 0.3) is 0 Å². The molecule has 4 heterocycles. The Morgan fingerprint density at radius 2 is 1.45 bits per heavy atom. The molecular formula is C51H35N3O2. The zero-order chi connectivity index (χ0) is 37.0. The molecule has 266 valence electrons. The number of nitrogens with zero attached hydrogens (tertiary/aromatic N) is 3. The van der Waals surface area contributed by atoms with E-state index in [2.05, 4.69) is 127 Å². The summed E-state index contributed by atoms with van der Waals surface area (Å²) >= 11 is 0. The van der Waals surface area contributed by atoms with Gasteiger partial charge in [0, 0.05) is 44.6 Å². The van der Waals surface area contributed by atoms with Crippen LogP contribution in [0, 0.1) is 0 Å². The Morgan fingerprint density at radius 1 is 0.661 bits per heavy atom. The quantitative estimate of drug-likeness (QED) is 0.181. The zero-order valence-electron chi connectivity index (χ0n) is 30.7. The molecule has 0 amide bonds. The Labute approximate surface area is 323 Å². The average Bonchev–Trinajstić information content (AvgIpc) is 3.91. The van der Waals surface area contributed by atoms with E-state index in [1.54, 1.807) is 0 Å². The van der Waals surface area contributed by atoms with Gasteiger partial charge in [-0.25, -0.2) is 9.97 Å². The van der Waals surface area contributed by atoms with Crippen LogP contribution < -0.4 is 4.90 Å². The Morgan fingerprint density at radius 3 is 2.32 bits per heavy atom. The number of furan rings is 2. The Bertz CT molecular complexity index is 3170. The normalized spacial score (nSPS) is 18.7. The van der Waals surface area contributed by atoms with Crippen molar-refractivity contribution in [1.82, 2.24) is 9.97 Å². The second-order valence-corrected chi connectivity index (χ2v) is 15.4. The van der Waals surface area contributed by atoms with Gasteiger partial charge in [0.1, 0.15) is 28.0 Å². The predicted octanol–water partition coefficient (Wildman–Crippen LogP) is 13.5. The molecule has 1 aliphatic heterocycles. The molecule has 0 spiro atoms. The minimum atomic E-state index is -0.307. The molecule has 2 atom stereocenters. The lowest BCUT2D eigenvalue weighted by molar-refractivity contribution is 0.507. The fraction of sp³-hybridized carbons (Fsp3) is 0.0980. The highest BCUT2D eigenvalue weighted by Gasteiger charge is 2.50. The van der Waals surface area contributed by atoms with Gasteiger partial charge >= 0.3 is 0 Å². The molecule has 0 N–H and O–H groups in total. The average molecular weight is 722 g/mol. The molecule has 0 fully saturated rings. The number of allylic oxidation sites excluding steroid dienone is 4. The van der Waals surface area contributed by atoms with Crippen molar-refractivity contribution in [3.8, 4) is 33.8 Å². The smallest absolute Gasteiger partial charge is 0.180 e. The third kappa shape index (κ3) is 4.48. The molecule has 2 aliphatic carbocycles. The lowest BCUT2D eigenvalue weighted by atomic mass is 9.70. The first-order valence-corrected chi connectivity index (χ1v) is 19.4. The molecular weight excluding hydrogens is 687 g/mol. The molecule has 3 aromatic heterocycles. The molecule has 0 bridgehead atoms. The number of fused-ring (bicyclic) bond motifs is 10. The van der Waals surface area contributed by atoms with E-state index < -0.39 is 0 Å². The van der Waals surface area contributed by atoms with Crippen LogP contribution >= 0.6 is 0 Å². The monoisotopic (exact) mass is 721 g/mol. The maximum atomic E-state index is 6.60. The van der Waals surface area contributed by atoms with Crippen LogP contribution in [-0.4, -0.2) is 15.5 Å². The van der Waals surface area contributed by atoms with E-state index in [-0.39, 0.29) is 11.5 Å². The maximum Gasteiger partial charge on any atom is 0.180 e. The zero-order valence-corrected chi connectivity index (χ0v) is 30.7. The lowest BCUT2D eigenvalue weighted by Gasteiger charge is -2.42. The first kappa shape index (κ1) is 31.4. The summed E-state index contributed by atoms with van der Waals surface area (Å²) in [7, 11) is 0. The third-order valence-corrected chi connectivity index (χ3v) is 12.2. The van der Waals surface area contributed by atoms with Crippen molar-refractivity contribution in [3.63, 3.8) is 0 Å². The van der Waals surface area contributed by atoms with Gasteiger partial charge in [-0.05, 0) is 90.6 Å². The summed E-state index contributed by atoms with van der Waals surface area (Å²) in [4.78, 5) is 13.1. The fourth-order valence-electron chi connectivity index (χ4n) is 9.71. The van der Waals surface area contributed by atoms with E-state index in [1.165, 1.54) is 33.5 Å². The summed E-state index contributed by atoms with van der Waals surface area (Å²) in [6.45, 7) is 2.41. The van der Waals surface area contributed by atoms with Crippen molar-refractivity contribution in [1.29, 1.82) is 0 Å². The van der Waals surface area contributed by atoms with Gasteiger partial charge in [-0.2, -0.15) is 0 Å². The van der Waals surface area contributed by atoms with Crippen molar-refractivity contribution >= 4 is 55.4 Å². The van der Waals surface area contributed by atoms with Crippen molar-refractivity contribution in [3.05, 3.63) is 181 Å². The third-order valence-electron chi connectivity index (χ3n) is 12.2. The van der Waals surface area contributed by atoms with Crippen molar-refractivity contribution < 1.29 is 8.83 Å². The fourth-order valence-corrected chi connectivity index (χ4v) is 9.71. The molecule has 0 saturated heterocycles. The molecule has 6 aromatic carbocycles. The summed E-state index contributed by atoms with van der Waals surface area (Å²) in [6, 6.07) is 49.0. The minimum Gasteiger partial charge on any atom is -0.456 e. The highest BCUT2D eigenvalue weighted by molar-refractivity contribution is 6.14. The van der Waals surface area contributed by atoms with Gasteiger partial charge in [-0.3, -0.25) is 0 Å². The Balaban J connectivity index is 1.07. The lowest BCUT2D eigenvalue weighted by Crippen LogP contribution is -2.43.